The lowest BCUT2D eigenvalue weighted by molar-refractivity contribution is -0.274. The average molecular weight is 272 g/mol. The molecule has 0 aliphatic carbocycles. The van der Waals surface area contributed by atoms with Gasteiger partial charge in [0, 0.05) is 0 Å². The molecule has 0 aliphatic rings. The summed E-state index contributed by atoms with van der Waals surface area (Å²) in [4.78, 5) is 0. The highest BCUT2D eigenvalue weighted by molar-refractivity contribution is 5.37. The van der Waals surface area contributed by atoms with Crippen molar-refractivity contribution >= 4 is 0 Å². The Labute approximate surface area is 112 Å². The summed E-state index contributed by atoms with van der Waals surface area (Å²) in [6, 6.07) is 4.81. The second kappa shape index (κ2) is 6.64. The molecule has 106 valence electrons. The summed E-state index contributed by atoms with van der Waals surface area (Å²) in [6.45, 7) is 7.61. The zero-order chi connectivity index (χ0) is 14.5. The van der Waals surface area contributed by atoms with Gasteiger partial charge in [-0.05, 0) is 42.0 Å². The molecule has 0 N–H and O–H groups in total. The van der Waals surface area contributed by atoms with Crippen LogP contribution in [0.2, 0.25) is 0 Å². The lowest BCUT2D eigenvalue weighted by atomic mass is 9.97. The third-order valence-electron chi connectivity index (χ3n) is 2.92. The monoisotopic (exact) mass is 272 g/mol. The van der Waals surface area contributed by atoms with E-state index in [4.69, 9.17) is 0 Å². The molecule has 0 aliphatic heterocycles. The second-order valence-electron chi connectivity index (χ2n) is 4.59. The molecule has 1 aromatic carbocycles. The topological polar surface area (TPSA) is 9.23 Å². The fourth-order valence-corrected chi connectivity index (χ4v) is 1.80. The minimum atomic E-state index is -4.65. The first-order valence-electron chi connectivity index (χ1n) is 6.38. The molecular formula is C15H19F3O. The van der Waals surface area contributed by atoms with Crippen LogP contribution >= 0.6 is 0 Å². The summed E-state index contributed by atoms with van der Waals surface area (Å²) < 4.78 is 40.9. The van der Waals surface area contributed by atoms with Crippen molar-refractivity contribution < 1.29 is 17.9 Å². The van der Waals surface area contributed by atoms with Crippen LogP contribution in [-0.2, 0) is 6.42 Å². The largest absolute Gasteiger partial charge is 0.573 e. The van der Waals surface area contributed by atoms with Gasteiger partial charge >= 0.3 is 6.36 Å². The Morgan fingerprint density at radius 1 is 1.32 bits per heavy atom. The first-order chi connectivity index (χ1) is 8.85. The molecule has 0 amide bonds. The average Bonchev–Trinajstić information content (AvgIpc) is 2.33. The van der Waals surface area contributed by atoms with Gasteiger partial charge in [0.05, 0.1) is 0 Å². The SMILES string of the molecule is C=CC(C)c1cc(CCCC)cc(OC(F)(F)F)c1. The van der Waals surface area contributed by atoms with E-state index in [0.717, 1.165) is 30.4 Å². The minimum absolute atomic E-state index is 0.00263. The van der Waals surface area contributed by atoms with Gasteiger partial charge in [-0.15, -0.1) is 19.8 Å². The fraction of sp³-hybridized carbons (Fsp3) is 0.467. The number of allylic oxidation sites excluding steroid dienone is 1. The van der Waals surface area contributed by atoms with E-state index >= 15 is 0 Å². The number of ether oxygens (including phenoxy) is 1. The Morgan fingerprint density at radius 3 is 2.53 bits per heavy atom. The van der Waals surface area contributed by atoms with Gasteiger partial charge in [0.2, 0.25) is 0 Å². The van der Waals surface area contributed by atoms with Gasteiger partial charge in [-0.3, -0.25) is 0 Å². The number of hydrogen-bond donors (Lipinski definition) is 0. The molecule has 4 heteroatoms. The van der Waals surface area contributed by atoms with E-state index in [-0.39, 0.29) is 11.7 Å². The van der Waals surface area contributed by atoms with Crippen molar-refractivity contribution in [2.45, 2.75) is 45.4 Å². The van der Waals surface area contributed by atoms with Gasteiger partial charge in [-0.2, -0.15) is 0 Å². The molecule has 0 spiro atoms. The quantitative estimate of drug-likeness (QED) is 0.645. The molecule has 0 heterocycles. The predicted molar refractivity (Wildman–Crippen MR) is 70.3 cm³/mol. The molecule has 0 bridgehead atoms. The molecule has 0 saturated heterocycles. The number of benzene rings is 1. The van der Waals surface area contributed by atoms with Crippen molar-refractivity contribution in [2.75, 3.05) is 0 Å². The van der Waals surface area contributed by atoms with Crippen LogP contribution in [0.1, 0.15) is 43.7 Å². The van der Waals surface area contributed by atoms with Crippen LogP contribution < -0.4 is 4.74 Å². The molecule has 0 saturated carbocycles. The van der Waals surface area contributed by atoms with Crippen molar-refractivity contribution in [1.29, 1.82) is 0 Å². The van der Waals surface area contributed by atoms with E-state index in [1.54, 1.807) is 6.08 Å². The summed E-state index contributed by atoms with van der Waals surface area (Å²) in [5.74, 6) is -0.151. The van der Waals surface area contributed by atoms with Crippen LogP contribution in [0, 0.1) is 0 Å². The highest BCUT2D eigenvalue weighted by atomic mass is 19.4. The number of hydrogen-bond acceptors (Lipinski definition) is 1. The highest BCUT2D eigenvalue weighted by Crippen LogP contribution is 2.29. The first-order valence-corrected chi connectivity index (χ1v) is 6.38. The lowest BCUT2D eigenvalue weighted by Crippen LogP contribution is -2.17. The Hall–Kier alpha value is -1.45. The second-order valence-corrected chi connectivity index (χ2v) is 4.59. The van der Waals surface area contributed by atoms with Crippen molar-refractivity contribution in [3.8, 4) is 5.75 Å². The molecule has 0 aromatic heterocycles. The number of rotatable bonds is 6. The van der Waals surface area contributed by atoms with Crippen molar-refractivity contribution in [1.82, 2.24) is 0 Å². The van der Waals surface area contributed by atoms with E-state index in [0.29, 0.717) is 0 Å². The number of unbranched alkanes of at least 4 members (excludes halogenated alkanes) is 1. The molecule has 1 atom stereocenters. The third kappa shape index (κ3) is 5.37. The standard InChI is InChI=1S/C15H19F3O/c1-4-6-7-12-8-13(11(3)5-2)10-14(9-12)19-15(16,17)18/h5,8-11H,2,4,6-7H2,1,3H3. The van der Waals surface area contributed by atoms with Gasteiger partial charge in [0.15, 0.2) is 0 Å². The van der Waals surface area contributed by atoms with Gasteiger partial charge in [-0.25, -0.2) is 0 Å². The van der Waals surface area contributed by atoms with Crippen molar-refractivity contribution in [3.05, 3.63) is 42.0 Å². The zero-order valence-electron chi connectivity index (χ0n) is 11.3. The molecule has 1 unspecified atom stereocenters. The fourth-order valence-electron chi connectivity index (χ4n) is 1.80. The molecular weight excluding hydrogens is 253 g/mol. The van der Waals surface area contributed by atoms with Crippen LogP contribution in [0.3, 0.4) is 0 Å². The summed E-state index contributed by atoms with van der Waals surface area (Å²) in [7, 11) is 0. The van der Waals surface area contributed by atoms with E-state index in [9.17, 15) is 13.2 Å². The molecule has 0 radical (unpaired) electrons. The lowest BCUT2D eigenvalue weighted by Gasteiger charge is -2.14. The minimum Gasteiger partial charge on any atom is -0.406 e. The summed E-state index contributed by atoms with van der Waals surface area (Å²) >= 11 is 0. The van der Waals surface area contributed by atoms with Crippen LogP contribution in [0.15, 0.2) is 30.9 Å². The maximum atomic E-state index is 12.3. The summed E-state index contributed by atoms with van der Waals surface area (Å²) in [5, 5.41) is 0. The van der Waals surface area contributed by atoms with Gasteiger partial charge < -0.3 is 4.74 Å². The van der Waals surface area contributed by atoms with Crippen LogP contribution in [-0.4, -0.2) is 6.36 Å². The molecule has 1 rings (SSSR count). The van der Waals surface area contributed by atoms with Gasteiger partial charge in [0.1, 0.15) is 5.75 Å². The van der Waals surface area contributed by atoms with Crippen molar-refractivity contribution in [3.63, 3.8) is 0 Å². The molecule has 0 fully saturated rings. The summed E-state index contributed by atoms with van der Waals surface area (Å²) in [6.07, 6.45) is -0.259. The van der Waals surface area contributed by atoms with E-state index in [2.05, 4.69) is 11.3 Å². The summed E-state index contributed by atoms with van der Waals surface area (Å²) in [5.41, 5.74) is 1.66. The van der Waals surface area contributed by atoms with E-state index in [1.165, 1.54) is 12.1 Å². The van der Waals surface area contributed by atoms with Gasteiger partial charge in [0.25, 0.3) is 0 Å². The number of halogens is 3. The predicted octanol–water partition coefficient (Wildman–Crippen LogP) is 5.22. The number of aryl methyl sites for hydroxylation is 1. The molecule has 1 aromatic rings. The van der Waals surface area contributed by atoms with Crippen LogP contribution in [0.4, 0.5) is 13.2 Å². The van der Waals surface area contributed by atoms with Crippen LogP contribution in [0.25, 0.3) is 0 Å². The Morgan fingerprint density at radius 2 is 2.00 bits per heavy atom. The van der Waals surface area contributed by atoms with Crippen LogP contribution in [0.5, 0.6) is 5.75 Å². The van der Waals surface area contributed by atoms with E-state index < -0.39 is 6.36 Å². The molecule has 1 nitrogen and oxygen atoms in total. The Balaban J connectivity index is 3.04. The normalized spacial score (nSPS) is 13.1. The Bertz CT molecular complexity index is 424. The maximum Gasteiger partial charge on any atom is 0.573 e. The van der Waals surface area contributed by atoms with Crippen molar-refractivity contribution in [2.24, 2.45) is 0 Å². The van der Waals surface area contributed by atoms with E-state index in [1.807, 2.05) is 19.9 Å². The zero-order valence-corrected chi connectivity index (χ0v) is 11.3. The van der Waals surface area contributed by atoms with Gasteiger partial charge in [-0.1, -0.05) is 32.4 Å². The third-order valence-corrected chi connectivity index (χ3v) is 2.92. The smallest absolute Gasteiger partial charge is 0.406 e. The number of alkyl halides is 3. The highest BCUT2D eigenvalue weighted by Gasteiger charge is 2.31. The first kappa shape index (κ1) is 15.6. The Kier molecular flexibility index (Phi) is 5.45. The maximum absolute atomic E-state index is 12.3. The molecule has 19 heavy (non-hydrogen) atoms.